The van der Waals surface area contributed by atoms with Gasteiger partial charge in [0.05, 0.1) is 0 Å². The Morgan fingerprint density at radius 3 is 2.93 bits per heavy atom. The van der Waals surface area contributed by atoms with Crippen molar-refractivity contribution < 1.29 is 22.7 Å². The van der Waals surface area contributed by atoms with E-state index < -0.39 is 12.8 Å². The molecule has 0 spiro atoms. The number of piperidine rings is 1. The topological polar surface area (TPSA) is 66.5 Å². The van der Waals surface area contributed by atoms with Crippen molar-refractivity contribution in [2.75, 3.05) is 26.2 Å². The molecular weight excluding hydrogens is 361 g/mol. The van der Waals surface area contributed by atoms with E-state index in [1.165, 1.54) is 31.5 Å². The van der Waals surface area contributed by atoms with Gasteiger partial charge in [0.2, 0.25) is 5.88 Å². The van der Waals surface area contributed by atoms with Crippen LogP contribution in [0.15, 0.2) is 18.3 Å². The summed E-state index contributed by atoms with van der Waals surface area (Å²) >= 11 is 0. The molecule has 2 N–H and O–H groups in total. The number of pyridine rings is 1. The number of halogens is 3. The van der Waals surface area contributed by atoms with Crippen LogP contribution in [0.3, 0.4) is 0 Å². The van der Waals surface area contributed by atoms with Crippen LogP contribution in [-0.4, -0.2) is 54.4 Å². The Kier molecular flexibility index (Phi) is 8.15. The number of urea groups is 1. The van der Waals surface area contributed by atoms with E-state index in [4.69, 9.17) is 0 Å². The molecule has 1 atom stereocenters. The maximum Gasteiger partial charge on any atom is 0.422 e. The van der Waals surface area contributed by atoms with Gasteiger partial charge < -0.3 is 20.3 Å². The van der Waals surface area contributed by atoms with Gasteiger partial charge in [0.25, 0.3) is 0 Å². The smallest absolute Gasteiger partial charge is 0.422 e. The highest BCUT2D eigenvalue weighted by atomic mass is 19.4. The number of carbonyl (C=O) groups is 1. The highest BCUT2D eigenvalue weighted by Crippen LogP contribution is 2.18. The number of hydrogen-bond acceptors (Lipinski definition) is 4. The minimum Gasteiger partial charge on any atom is -0.468 e. The number of ether oxygens (including phenoxy) is 1. The molecule has 1 aliphatic rings. The van der Waals surface area contributed by atoms with Crippen LogP contribution >= 0.6 is 0 Å². The summed E-state index contributed by atoms with van der Waals surface area (Å²) in [5.74, 6) is -0.123. The highest BCUT2D eigenvalue weighted by molar-refractivity contribution is 5.73. The zero-order valence-electron chi connectivity index (χ0n) is 15.5. The third-order valence-electron chi connectivity index (χ3n) is 4.48. The third kappa shape index (κ3) is 8.47. The molecule has 1 aromatic rings. The molecule has 2 heterocycles. The molecule has 9 heteroatoms. The van der Waals surface area contributed by atoms with Crippen LogP contribution in [0, 0.1) is 0 Å². The zero-order chi connectivity index (χ0) is 19.7. The van der Waals surface area contributed by atoms with Crippen molar-refractivity contribution >= 4 is 6.03 Å². The molecule has 0 aromatic carbocycles. The lowest BCUT2D eigenvalue weighted by Crippen LogP contribution is -2.40. The van der Waals surface area contributed by atoms with Gasteiger partial charge in [-0.3, -0.25) is 0 Å². The molecule has 1 unspecified atom stereocenters. The van der Waals surface area contributed by atoms with E-state index in [9.17, 15) is 18.0 Å². The number of hydrogen-bond donors (Lipinski definition) is 2. The van der Waals surface area contributed by atoms with Crippen molar-refractivity contribution in [2.24, 2.45) is 0 Å². The lowest BCUT2D eigenvalue weighted by Gasteiger charge is -2.33. The van der Waals surface area contributed by atoms with Gasteiger partial charge in [-0.2, -0.15) is 13.2 Å². The minimum atomic E-state index is -4.41. The van der Waals surface area contributed by atoms with E-state index in [0.717, 1.165) is 19.5 Å². The quantitative estimate of drug-likeness (QED) is 0.672. The third-order valence-corrected chi connectivity index (χ3v) is 4.48. The molecule has 0 aliphatic carbocycles. The molecule has 0 saturated carbocycles. The van der Waals surface area contributed by atoms with Gasteiger partial charge in [0, 0.05) is 37.9 Å². The standard InChI is InChI=1S/C18H27F3N4O2/c1-14-5-2-3-9-25(14)10-4-7-23-17(26)24-12-15-6-8-22-16(11-15)27-13-18(19,20)21/h6,8,11,14H,2-5,7,9-10,12-13H2,1H3,(H2,23,24,26). The number of likely N-dealkylation sites (tertiary alicyclic amines) is 1. The zero-order valence-corrected chi connectivity index (χ0v) is 15.5. The molecule has 1 aromatic heterocycles. The monoisotopic (exact) mass is 388 g/mol. The lowest BCUT2D eigenvalue weighted by atomic mass is 10.0. The van der Waals surface area contributed by atoms with Crippen LogP contribution in [-0.2, 0) is 6.54 Å². The van der Waals surface area contributed by atoms with Gasteiger partial charge in [0.15, 0.2) is 6.61 Å². The number of alkyl halides is 3. The van der Waals surface area contributed by atoms with Crippen molar-refractivity contribution in [3.05, 3.63) is 23.9 Å². The molecule has 0 bridgehead atoms. The first-order chi connectivity index (χ1) is 12.8. The van der Waals surface area contributed by atoms with Crippen molar-refractivity contribution in [2.45, 2.75) is 51.4 Å². The van der Waals surface area contributed by atoms with E-state index in [1.54, 1.807) is 6.07 Å². The maximum atomic E-state index is 12.2. The predicted molar refractivity (Wildman–Crippen MR) is 95.5 cm³/mol. The molecule has 2 amide bonds. The van der Waals surface area contributed by atoms with Crippen LogP contribution < -0.4 is 15.4 Å². The van der Waals surface area contributed by atoms with Gasteiger partial charge >= 0.3 is 12.2 Å². The second-order valence-corrected chi connectivity index (χ2v) is 6.75. The molecule has 1 saturated heterocycles. The summed E-state index contributed by atoms with van der Waals surface area (Å²) in [6, 6.07) is 3.28. The molecule has 152 valence electrons. The number of aromatic nitrogens is 1. The van der Waals surface area contributed by atoms with Crippen molar-refractivity contribution in [1.82, 2.24) is 20.5 Å². The number of nitrogens with one attached hydrogen (secondary N) is 2. The van der Waals surface area contributed by atoms with Gasteiger partial charge in [0.1, 0.15) is 0 Å². The Hall–Kier alpha value is -2.03. The first-order valence-electron chi connectivity index (χ1n) is 9.24. The second-order valence-electron chi connectivity index (χ2n) is 6.75. The predicted octanol–water partition coefficient (Wildman–Crippen LogP) is 3.09. The number of carbonyl (C=O) groups excluding carboxylic acids is 1. The van der Waals surface area contributed by atoms with Crippen molar-refractivity contribution in [1.29, 1.82) is 0 Å². The first kappa shape index (κ1) is 21.3. The maximum absolute atomic E-state index is 12.2. The fourth-order valence-corrected chi connectivity index (χ4v) is 3.01. The van der Waals surface area contributed by atoms with Crippen LogP contribution in [0.25, 0.3) is 0 Å². The van der Waals surface area contributed by atoms with Gasteiger partial charge in [-0.15, -0.1) is 0 Å². The molecule has 27 heavy (non-hydrogen) atoms. The Balaban J connectivity index is 1.63. The van der Waals surface area contributed by atoms with Crippen molar-refractivity contribution in [3.8, 4) is 5.88 Å². The van der Waals surface area contributed by atoms with Gasteiger partial charge in [-0.1, -0.05) is 6.42 Å². The Morgan fingerprint density at radius 2 is 2.19 bits per heavy atom. The van der Waals surface area contributed by atoms with Crippen LogP contribution in [0.2, 0.25) is 0 Å². The Morgan fingerprint density at radius 1 is 1.37 bits per heavy atom. The second kappa shape index (κ2) is 10.3. The summed E-state index contributed by atoms with van der Waals surface area (Å²) in [6.45, 7) is 3.68. The summed E-state index contributed by atoms with van der Waals surface area (Å²) in [5.41, 5.74) is 0.611. The first-order valence-corrected chi connectivity index (χ1v) is 9.24. The fourth-order valence-electron chi connectivity index (χ4n) is 3.01. The van der Waals surface area contributed by atoms with Crippen LogP contribution in [0.4, 0.5) is 18.0 Å². The minimum absolute atomic E-state index is 0.123. The molecule has 0 radical (unpaired) electrons. The summed E-state index contributed by atoms with van der Waals surface area (Å²) < 4.78 is 41.1. The van der Waals surface area contributed by atoms with E-state index >= 15 is 0 Å². The SMILES string of the molecule is CC1CCCCN1CCCNC(=O)NCc1ccnc(OCC(F)(F)F)c1. The fraction of sp³-hybridized carbons (Fsp3) is 0.667. The van der Waals surface area contributed by atoms with E-state index in [2.05, 4.69) is 32.2 Å². The summed E-state index contributed by atoms with van der Waals surface area (Å²) in [7, 11) is 0. The van der Waals surface area contributed by atoms with Gasteiger partial charge in [-0.25, -0.2) is 9.78 Å². The summed E-state index contributed by atoms with van der Waals surface area (Å²) in [5, 5.41) is 5.47. The average Bonchev–Trinajstić information content (AvgIpc) is 2.63. The van der Waals surface area contributed by atoms with Gasteiger partial charge in [-0.05, 0) is 44.4 Å². The summed E-state index contributed by atoms with van der Waals surface area (Å²) in [6.07, 6.45) is 1.56. The Labute approximate surface area is 157 Å². The molecule has 2 rings (SSSR count). The van der Waals surface area contributed by atoms with Crippen LogP contribution in [0.1, 0.15) is 38.2 Å². The van der Waals surface area contributed by atoms with E-state index in [1.807, 2.05) is 0 Å². The number of amides is 2. The van der Waals surface area contributed by atoms with E-state index in [-0.39, 0.29) is 18.5 Å². The largest absolute Gasteiger partial charge is 0.468 e. The highest BCUT2D eigenvalue weighted by Gasteiger charge is 2.28. The molecular formula is C18H27F3N4O2. The molecule has 1 aliphatic heterocycles. The molecule has 6 nitrogen and oxygen atoms in total. The lowest BCUT2D eigenvalue weighted by molar-refractivity contribution is -0.154. The van der Waals surface area contributed by atoms with Crippen LogP contribution in [0.5, 0.6) is 5.88 Å². The molecule has 1 fully saturated rings. The van der Waals surface area contributed by atoms with Crippen molar-refractivity contribution in [3.63, 3.8) is 0 Å². The summed E-state index contributed by atoms with van der Waals surface area (Å²) in [4.78, 5) is 18.0. The average molecular weight is 388 g/mol. The number of rotatable bonds is 8. The Bertz CT molecular complexity index is 598. The normalized spacial score (nSPS) is 18.1. The van der Waals surface area contributed by atoms with E-state index in [0.29, 0.717) is 18.2 Å². The number of nitrogens with zero attached hydrogens (tertiary/aromatic N) is 2.